The molecule has 0 saturated carbocycles. The highest BCUT2D eigenvalue weighted by molar-refractivity contribution is 5.85. The van der Waals surface area contributed by atoms with Crippen molar-refractivity contribution in [1.82, 2.24) is 14.5 Å². The van der Waals surface area contributed by atoms with Crippen molar-refractivity contribution in [3.63, 3.8) is 0 Å². The number of likely N-dealkylation sites (tertiary alicyclic amines) is 1. The van der Waals surface area contributed by atoms with Gasteiger partial charge >= 0.3 is 0 Å². The number of rotatable bonds is 3. The molecule has 1 amide bonds. The van der Waals surface area contributed by atoms with E-state index in [9.17, 15) is 18.0 Å². The summed E-state index contributed by atoms with van der Waals surface area (Å²) >= 11 is 0. The molecule has 27 heavy (non-hydrogen) atoms. The van der Waals surface area contributed by atoms with Gasteiger partial charge < -0.3 is 9.47 Å². The zero-order valence-corrected chi connectivity index (χ0v) is 14.2. The van der Waals surface area contributed by atoms with Gasteiger partial charge in [0.15, 0.2) is 17.5 Å². The first-order chi connectivity index (χ1) is 13.0. The van der Waals surface area contributed by atoms with Gasteiger partial charge in [0.2, 0.25) is 5.91 Å². The van der Waals surface area contributed by atoms with Crippen molar-refractivity contribution in [1.29, 1.82) is 0 Å². The van der Waals surface area contributed by atoms with Crippen LogP contribution in [-0.4, -0.2) is 33.4 Å². The van der Waals surface area contributed by atoms with E-state index in [2.05, 4.69) is 10.9 Å². The molecule has 1 fully saturated rings. The minimum absolute atomic E-state index is 0.0149. The van der Waals surface area contributed by atoms with Crippen LogP contribution in [0, 0.1) is 29.8 Å². The van der Waals surface area contributed by atoms with Crippen molar-refractivity contribution in [2.75, 3.05) is 13.1 Å². The molecule has 1 aromatic carbocycles. The van der Waals surface area contributed by atoms with Crippen LogP contribution in [0.2, 0.25) is 0 Å². The van der Waals surface area contributed by atoms with Crippen LogP contribution in [0.3, 0.4) is 0 Å². The molecule has 4 nitrogen and oxygen atoms in total. The predicted molar refractivity (Wildman–Crippen MR) is 94.2 cm³/mol. The van der Waals surface area contributed by atoms with E-state index in [1.807, 2.05) is 0 Å². The minimum atomic E-state index is -1.09. The second-order valence-electron chi connectivity index (χ2n) is 6.39. The Hall–Kier alpha value is -3.27. The van der Waals surface area contributed by atoms with E-state index in [-0.39, 0.29) is 23.5 Å². The molecule has 4 rings (SSSR count). The Kier molecular flexibility index (Phi) is 4.11. The van der Waals surface area contributed by atoms with Gasteiger partial charge in [0.1, 0.15) is 12.1 Å². The number of amides is 1. The second-order valence-corrected chi connectivity index (χ2v) is 6.39. The Balaban J connectivity index is 1.77. The molecule has 2 aromatic heterocycles. The van der Waals surface area contributed by atoms with Crippen molar-refractivity contribution < 1.29 is 18.0 Å². The molecular formula is C20H14F3N3O. The fraction of sp³-hybridized carbons (Fsp3) is 0.200. The van der Waals surface area contributed by atoms with E-state index in [4.69, 9.17) is 6.42 Å². The summed E-state index contributed by atoms with van der Waals surface area (Å²) in [6.07, 6.45) is 8.76. The van der Waals surface area contributed by atoms with Gasteiger partial charge in [-0.2, -0.15) is 0 Å². The second kappa shape index (κ2) is 6.47. The average molecular weight is 369 g/mol. The molecule has 1 aliphatic heterocycles. The topological polar surface area (TPSA) is 38.1 Å². The summed E-state index contributed by atoms with van der Waals surface area (Å²) in [4.78, 5) is 18.0. The lowest BCUT2D eigenvalue weighted by Gasteiger charge is -2.31. The smallest absolute Gasteiger partial charge is 0.242 e. The maximum Gasteiger partial charge on any atom is 0.242 e. The standard InChI is InChI=1S/C20H14F3N3O/c1-2-12-6-13(7-15(21)19(12)23)14-8-17-20(24-9-14)16(22)10-26(17)11-18(27)25-4-3-5-25/h1,6-10H,3-5,11H2. The summed E-state index contributed by atoms with van der Waals surface area (Å²) in [5.41, 5.74) is 1.05. The van der Waals surface area contributed by atoms with E-state index in [1.54, 1.807) is 11.0 Å². The number of aromatic nitrogens is 2. The third-order valence-corrected chi connectivity index (χ3v) is 4.70. The molecule has 0 radical (unpaired) electrons. The molecule has 3 aromatic rings. The molecule has 7 heteroatoms. The Labute approximate surface area is 153 Å². The number of carbonyl (C=O) groups is 1. The number of fused-ring (bicyclic) bond motifs is 1. The monoisotopic (exact) mass is 369 g/mol. The number of hydrogen-bond donors (Lipinski definition) is 0. The number of carbonyl (C=O) groups excluding carboxylic acids is 1. The fourth-order valence-electron chi connectivity index (χ4n) is 3.08. The lowest BCUT2D eigenvalue weighted by molar-refractivity contribution is -0.135. The molecule has 0 bridgehead atoms. The first-order valence-electron chi connectivity index (χ1n) is 8.36. The molecule has 136 valence electrons. The first kappa shape index (κ1) is 17.2. The van der Waals surface area contributed by atoms with E-state index in [0.717, 1.165) is 12.5 Å². The molecule has 1 saturated heterocycles. The molecule has 0 unspecified atom stereocenters. The van der Waals surface area contributed by atoms with Gasteiger partial charge in [-0.1, -0.05) is 5.92 Å². The largest absolute Gasteiger partial charge is 0.341 e. The molecule has 0 spiro atoms. The lowest BCUT2D eigenvalue weighted by Crippen LogP contribution is -2.43. The number of terminal acetylenes is 1. The number of hydrogen-bond acceptors (Lipinski definition) is 2. The SMILES string of the molecule is C#Cc1cc(-c2cnc3c(F)cn(CC(=O)N4CCC4)c3c2)cc(F)c1F. The number of pyridine rings is 1. The van der Waals surface area contributed by atoms with Crippen LogP contribution >= 0.6 is 0 Å². The van der Waals surface area contributed by atoms with Gasteiger partial charge in [0, 0.05) is 31.0 Å². The van der Waals surface area contributed by atoms with E-state index < -0.39 is 17.5 Å². The first-order valence-corrected chi connectivity index (χ1v) is 8.36. The normalized spacial score (nSPS) is 13.5. The predicted octanol–water partition coefficient (Wildman–Crippen LogP) is 3.33. The number of benzene rings is 1. The Morgan fingerprint density at radius 3 is 2.59 bits per heavy atom. The highest BCUT2D eigenvalue weighted by Gasteiger charge is 2.22. The van der Waals surface area contributed by atoms with Crippen molar-refractivity contribution in [2.24, 2.45) is 0 Å². The molecule has 1 aliphatic rings. The van der Waals surface area contributed by atoms with Crippen molar-refractivity contribution >= 4 is 16.9 Å². The number of halogens is 3. The minimum Gasteiger partial charge on any atom is -0.341 e. The summed E-state index contributed by atoms with van der Waals surface area (Å²) in [6, 6.07) is 3.92. The fourth-order valence-corrected chi connectivity index (χ4v) is 3.08. The van der Waals surface area contributed by atoms with E-state index in [1.165, 1.54) is 23.0 Å². The number of nitrogens with zero attached hydrogens (tertiary/aromatic N) is 3. The Bertz CT molecular complexity index is 1110. The molecular weight excluding hydrogens is 355 g/mol. The van der Waals surface area contributed by atoms with Crippen LogP contribution in [0.4, 0.5) is 13.2 Å². The van der Waals surface area contributed by atoms with Gasteiger partial charge in [-0.05, 0) is 30.2 Å². The third-order valence-electron chi connectivity index (χ3n) is 4.70. The van der Waals surface area contributed by atoms with Crippen LogP contribution < -0.4 is 0 Å². The Morgan fingerprint density at radius 2 is 1.93 bits per heavy atom. The van der Waals surface area contributed by atoms with Gasteiger partial charge in [-0.25, -0.2) is 13.2 Å². The van der Waals surface area contributed by atoms with E-state index in [0.29, 0.717) is 29.7 Å². The Morgan fingerprint density at radius 1 is 1.15 bits per heavy atom. The summed E-state index contributed by atoms with van der Waals surface area (Å²) in [5.74, 6) is -0.726. The third kappa shape index (κ3) is 2.93. The molecule has 0 atom stereocenters. The van der Waals surface area contributed by atoms with Gasteiger partial charge in [-0.3, -0.25) is 9.78 Å². The molecule has 0 N–H and O–H groups in total. The summed E-state index contributed by atoms with van der Waals surface area (Å²) in [7, 11) is 0. The highest BCUT2D eigenvalue weighted by Crippen LogP contribution is 2.28. The van der Waals surface area contributed by atoms with Crippen molar-refractivity contribution in [2.45, 2.75) is 13.0 Å². The van der Waals surface area contributed by atoms with Crippen LogP contribution in [0.5, 0.6) is 0 Å². The average Bonchev–Trinajstić information content (AvgIpc) is 2.91. The van der Waals surface area contributed by atoms with Gasteiger partial charge in [0.25, 0.3) is 0 Å². The maximum atomic E-state index is 14.2. The summed E-state index contributed by atoms with van der Waals surface area (Å²) in [6.45, 7) is 1.39. The van der Waals surface area contributed by atoms with Crippen LogP contribution in [0.15, 0.2) is 30.6 Å². The lowest BCUT2D eigenvalue weighted by atomic mass is 10.0. The zero-order chi connectivity index (χ0) is 19.1. The van der Waals surface area contributed by atoms with E-state index >= 15 is 0 Å². The summed E-state index contributed by atoms with van der Waals surface area (Å²) in [5, 5.41) is 0. The quantitative estimate of drug-likeness (QED) is 0.665. The van der Waals surface area contributed by atoms with Crippen LogP contribution in [0.1, 0.15) is 12.0 Å². The highest BCUT2D eigenvalue weighted by atomic mass is 19.2. The zero-order valence-electron chi connectivity index (χ0n) is 14.2. The van der Waals surface area contributed by atoms with Crippen molar-refractivity contribution in [3.05, 3.63) is 53.6 Å². The van der Waals surface area contributed by atoms with Crippen LogP contribution in [0.25, 0.3) is 22.2 Å². The summed E-state index contributed by atoms with van der Waals surface area (Å²) < 4.78 is 43.1. The van der Waals surface area contributed by atoms with Gasteiger partial charge in [0.05, 0.1) is 11.1 Å². The maximum absolute atomic E-state index is 14.2. The van der Waals surface area contributed by atoms with Gasteiger partial charge in [-0.15, -0.1) is 6.42 Å². The molecule has 0 aliphatic carbocycles. The van der Waals surface area contributed by atoms with Crippen LogP contribution in [-0.2, 0) is 11.3 Å². The molecule has 3 heterocycles. The van der Waals surface area contributed by atoms with Crippen molar-refractivity contribution in [3.8, 4) is 23.5 Å².